The minimum atomic E-state index is 0.862. The molecule has 1 aromatic rings. The topological polar surface area (TPSA) is 0 Å². The van der Waals surface area contributed by atoms with Crippen molar-refractivity contribution in [1.29, 1.82) is 0 Å². The molecule has 3 rings (SSSR count). The summed E-state index contributed by atoms with van der Waals surface area (Å²) in [6, 6.07) is 9.03. The summed E-state index contributed by atoms with van der Waals surface area (Å²) in [5, 5.41) is 0. The number of rotatable bonds is 7. The standard InChI is InChI=1S/C26H40/c1-3-6-22-13-17-25(18-14-22)26-19-15-24(16-20-26)8-5-4-7-23-11-9-21(2)10-12-23/h5,8-12,22,24-26H,3-4,6-7,13-20H2,1-2H3. The molecule has 0 amide bonds. The zero-order valence-corrected chi connectivity index (χ0v) is 17.3. The molecule has 0 aliphatic heterocycles. The van der Waals surface area contributed by atoms with Crippen molar-refractivity contribution in [3.63, 3.8) is 0 Å². The van der Waals surface area contributed by atoms with Gasteiger partial charge in [-0.2, -0.15) is 0 Å². The molecule has 0 aromatic heterocycles. The molecule has 1 aromatic carbocycles. The van der Waals surface area contributed by atoms with E-state index in [2.05, 4.69) is 50.3 Å². The van der Waals surface area contributed by atoms with Crippen LogP contribution in [0.3, 0.4) is 0 Å². The summed E-state index contributed by atoms with van der Waals surface area (Å²) in [5.74, 6) is 4.04. The van der Waals surface area contributed by atoms with E-state index < -0.39 is 0 Å². The van der Waals surface area contributed by atoms with Crippen molar-refractivity contribution >= 4 is 0 Å². The Morgan fingerprint density at radius 2 is 1.46 bits per heavy atom. The van der Waals surface area contributed by atoms with E-state index in [1.807, 2.05) is 0 Å². The number of aryl methyl sites for hydroxylation is 2. The smallest absolute Gasteiger partial charge is 0.0233 e. The van der Waals surface area contributed by atoms with Crippen molar-refractivity contribution in [2.24, 2.45) is 23.7 Å². The Kier molecular flexibility index (Phi) is 7.84. The number of benzene rings is 1. The lowest BCUT2D eigenvalue weighted by Crippen LogP contribution is -2.25. The molecule has 2 fully saturated rings. The first kappa shape index (κ1) is 19.7. The lowest BCUT2D eigenvalue weighted by atomic mass is 9.68. The van der Waals surface area contributed by atoms with Gasteiger partial charge in [0.2, 0.25) is 0 Å². The van der Waals surface area contributed by atoms with Crippen molar-refractivity contribution in [3.8, 4) is 0 Å². The summed E-state index contributed by atoms with van der Waals surface area (Å²) < 4.78 is 0. The summed E-state index contributed by atoms with van der Waals surface area (Å²) >= 11 is 0. The number of hydrogen-bond acceptors (Lipinski definition) is 0. The van der Waals surface area contributed by atoms with Crippen LogP contribution in [0.2, 0.25) is 0 Å². The molecule has 0 radical (unpaired) electrons. The first-order valence-electron chi connectivity index (χ1n) is 11.5. The minimum Gasteiger partial charge on any atom is -0.0879 e. The van der Waals surface area contributed by atoms with Crippen LogP contribution in [0.1, 0.15) is 88.7 Å². The Hall–Kier alpha value is -1.04. The minimum absolute atomic E-state index is 0.862. The van der Waals surface area contributed by atoms with Gasteiger partial charge in [0.1, 0.15) is 0 Å². The largest absolute Gasteiger partial charge is 0.0879 e. The highest BCUT2D eigenvalue weighted by molar-refractivity contribution is 5.21. The lowest BCUT2D eigenvalue weighted by molar-refractivity contribution is 0.152. The Labute approximate surface area is 162 Å². The maximum atomic E-state index is 2.54. The molecule has 0 nitrogen and oxygen atoms in total. The number of allylic oxidation sites excluding steroid dienone is 2. The third kappa shape index (κ3) is 6.00. The van der Waals surface area contributed by atoms with E-state index in [0.717, 1.165) is 23.7 Å². The van der Waals surface area contributed by atoms with E-state index in [9.17, 15) is 0 Å². The first-order valence-corrected chi connectivity index (χ1v) is 11.5. The normalized spacial score (nSPS) is 29.9. The monoisotopic (exact) mass is 352 g/mol. The molecule has 0 spiro atoms. The van der Waals surface area contributed by atoms with Crippen LogP contribution in [-0.4, -0.2) is 0 Å². The van der Waals surface area contributed by atoms with E-state index in [4.69, 9.17) is 0 Å². The van der Waals surface area contributed by atoms with Gasteiger partial charge in [0.15, 0.2) is 0 Å². The maximum Gasteiger partial charge on any atom is -0.0233 e. The summed E-state index contributed by atoms with van der Waals surface area (Å²) in [6.45, 7) is 4.51. The van der Waals surface area contributed by atoms with E-state index in [-0.39, 0.29) is 0 Å². The van der Waals surface area contributed by atoms with Gasteiger partial charge in [-0.25, -0.2) is 0 Å². The summed E-state index contributed by atoms with van der Waals surface area (Å²) in [7, 11) is 0. The zero-order valence-electron chi connectivity index (χ0n) is 17.3. The fourth-order valence-corrected chi connectivity index (χ4v) is 5.46. The molecular weight excluding hydrogens is 312 g/mol. The second-order valence-corrected chi connectivity index (χ2v) is 9.20. The van der Waals surface area contributed by atoms with Gasteiger partial charge in [0.25, 0.3) is 0 Å². The van der Waals surface area contributed by atoms with E-state index in [1.165, 1.54) is 88.2 Å². The van der Waals surface area contributed by atoms with Crippen molar-refractivity contribution in [1.82, 2.24) is 0 Å². The number of hydrogen-bond donors (Lipinski definition) is 0. The molecule has 0 saturated heterocycles. The lowest BCUT2D eigenvalue weighted by Gasteiger charge is -2.37. The molecule has 0 heterocycles. The van der Waals surface area contributed by atoms with E-state index >= 15 is 0 Å². The SMILES string of the molecule is CCCC1CCC(C2CCC(C=CCCc3ccc(C)cc3)CC2)CC1. The zero-order chi connectivity index (χ0) is 18.2. The fraction of sp³-hybridized carbons (Fsp3) is 0.692. The molecule has 2 aliphatic rings. The molecule has 0 atom stereocenters. The average molecular weight is 353 g/mol. The molecule has 2 saturated carbocycles. The van der Waals surface area contributed by atoms with Gasteiger partial charge in [-0.15, -0.1) is 0 Å². The van der Waals surface area contributed by atoms with Crippen molar-refractivity contribution in [2.75, 3.05) is 0 Å². The van der Waals surface area contributed by atoms with Gasteiger partial charge in [-0.1, -0.05) is 74.6 Å². The van der Waals surface area contributed by atoms with E-state index in [1.54, 1.807) is 0 Å². The fourth-order valence-electron chi connectivity index (χ4n) is 5.46. The van der Waals surface area contributed by atoms with Crippen LogP contribution in [-0.2, 0) is 6.42 Å². The third-order valence-corrected chi connectivity index (χ3v) is 7.20. The molecule has 0 bridgehead atoms. The Balaban J connectivity index is 1.33. The molecular formula is C26H40. The molecule has 2 aliphatic carbocycles. The van der Waals surface area contributed by atoms with Crippen LogP contribution in [0.5, 0.6) is 0 Å². The summed E-state index contributed by atoms with van der Waals surface area (Å²) in [6.07, 6.45) is 22.3. The highest BCUT2D eigenvalue weighted by Gasteiger charge is 2.29. The summed E-state index contributed by atoms with van der Waals surface area (Å²) in [4.78, 5) is 0. The van der Waals surface area contributed by atoms with Gasteiger partial charge in [0.05, 0.1) is 0 Å². The Morgan fingerprint density at radius 1 is 0.846 bits per heavy atom. The van der Waals surface area contributed by atoms with Gasteiger partial charge >= 0.3 is 0 Å². The van der Waals surface area contributed by atoms with Crippen LogP contribution in [0.15, 0.2) is 36.4 Å². The predicted octanol–water partition coefficient (Wildman–Crippen LogP) is 7.90. The van der Waals surface area contributed by atoms with Gasteiger partial charge < -0.3 is 0 Å². The quantitative estimate of drug-likeness (QED) is 0.437. The van der Waals surface area contributed by atoms with Crippen LogP contribution < -0.4 is 0 Å². The molecule has 0 unspecified atom stereocenters. The highest BCUT2D eigenvalue weighted by atomic mass is 14.3. The second kappa shape index (κ2) is 10.3. The predicted molar refractivity (Wildman–Crippen MR) is 114 cm³/mol. The first-order chi connectivity index (χ1) is 12.7. The highest BCUT2D eigenvalue weighted by Crippen LogP contribution is 2.42. The molecule has 0 N–H and O–H groups in total. The van der Waals surface area contributed by atoms with Crippen molar-refractivity contribution in [2.45, 2.75) is 90.9 Å². The van der Waals surface area contributed by atoms with Crippen LogP contribution in [0, 0.1) is 30.6 Å². The molecule has 0 heteroatoms. The Morgan fingerprint density at radius 3 is 2.08 bits per heavy atom. The van der Waals surface area contributed by atoms with Gasteiger partial charge in [-0.05, 0) is 87.5 Å². The second-order valence-electron chi connectivity index (χ2n) is 9.20. The van der Waals surface area contributed by atoms with E-state index in [0.29, 0.717) is 0 Å². The van der Waals surface area contributed by atoms with Crippen LogP contribution >= 0.6 is 0 Å². The van der Waals surface area contributed by atoms with Crippen molar-refractivity contribution < 1.29 is 0 Å². The van der Waals surface area contributed by atoms with Crippen LogP contribution in [0.4, 0.5) is 0 Å². The maximum absolute atomic E-state index is 2.54. The molecule has 26 heavy (non-hydrogen) atoms. The van der Waals surface area contributed by atoms with Crippen molar-refractivity contribution in [3.05, 3.63) is 47.5 Å². The molecule has 144 valence electrons. The van der Waals surface area contributed by atoms with Gasteiger partial charge in [0, 0.05) is 0 Å². The average Bonchev–Trinajstić information content (AvgIpc) is 2.68. The summed E-state index contributed by atoms with van der Waals surface area (Å²) in [5.41, 5.74) is 2.84. The van der Waals surface area contributed by atoms with Gasteiger partial charge in [-0.3, -0.25) is 0 Å². The Bertz CT molecular complexity index is 522. The third-order valence-electron chi connectivity index (χ3n) is 7.20. The van der Waals surface area contributed by atoms with Crippen LogP contribution in [0.25, 0.3) is 0 Å².